The normalized spacial score (nSPS) is 10.2. The molecule has 2 aromatic rings. The summed E-state index contributed by atoms with van der Waals surface area (Å²) < 4.78 is 20.4. The number of methoxy groups -OCH3 is 2. The van der Waals surface area contributed by atoms with Crippen LogP contribution >= 0.6 is 0 Å². The predicted molar refractivity (Wildman–Crippen MR) is 89.4 cm³/mol. The van der Waals surface area contributed by atoms with Gasteiger partial charge < -0.3 is 23.9 Å². The van der Waals surface area contributed by atoms with E-state index in [-0.39, 0.29) is 25.5 Å². The van der Waals surface area contributed by atoms with Crippen molar-refractivity contribution in [3.63, 3.8) is 0 Å². The number of benzene rings is 1. The van der Waals surface area contributed by atoms with Crippen molar-refractivity contribution in [2.75, 3.05) is 20.8 Å². The Bertz CT molecular complexity index is 696. The third kappa shape index (κ3) is 5.87. The number of esters is 1. The van der Waals surface area contributed by atoms with E-state index in [1.165, 1.54) is 6.26 Å². The van der Waals surface area contributed by atoms with Gasteiger partial charge in [-0.1, -0.05) is 6.07 Å². The van der Waals surface area contributed by atoms with Crippen molar-refractivity contribution in [3.05, 3.63) is 47.9 Å². The molecular weight excluding hydrogens is 326 g/mol. The highest BCUT2D eigenvalue weighted by molar-refractivity contribution is 5.80. The summed E-state index contributed by atoms with van der Waals surface area (Å²) in [6.45, 7) is -0.0551. The summed E-state index contributed by atoms with van der Waals surface area (Å²) in [5.41, 5.74) is 0.914. The summed E-state index contributed by atoms with van der Waals surface area (Å²) in [5.74, 6) is 1.04. The Labute approximate surface area is 145 Å². The molecule has 134 valence electrons. The molecule has 0 aliphatic carbocycles. The number of hydrogen-bond acceptors (Lipinski definition) is 6. The number of hydrogen-bond donors (Lipinski definition) is 1. The molecule has 0 unspecified atom stereocenters. The first-order valence-electron chi connectivity index (χ1n) is 7.78. The van der Waals surface area contributed by atoms with Gasteiger partial charge in [-0.3, -0.25) is 9.59 Å². The molecule has 0 spiro atoms. The van der Waals surface area contributed by atoms with Gasteiger partial charge in [0.1, 0.15) is 5.76 Å². The predicted octanol–water partition coefficient (Wildman–Crippen LogP) is 2.09. The highest BCUT2D eigenvalue weighted by Crippen LogP contribution is 2.27. The number of aryl methyl sites for hydroxylation is 1. The second-order valence-electron chi connectivity index (χ2n) is 5.21. The lowest BCUT2D eigenvalue weighted by atomic mass is 10.1. The summed E-state index contributed by atoms with van der Waals surface area (Å²) in [6, 6.07) is 8.92. The van der Waals surface area contributed by atoms with E-state index in [1.54, 1.807) is 32.4 Å². The van der Waals surface area contributed by atoms with Gasteiger partial charge in [0, 0.05) is 6.42 Å². The standard InChI is InChI=1S/C18H21NO6/c1-22-15-7-5-13(10-16(15)23-2)6-8-18(21)25-12-17(20)19-11-14-4-3-9-24-14/h3-5,7,9-10H,6,8,11-12H2,1-2H3,(H,19,20). The summed E-state index contributed by atoms with van der Waals surface area (Å²) >= 11 is 0. The Morgan fingerprint density at radius 1 is 1.12 bits per heavy atom. The molecule has 7 nitrogen and oxygen atoms in total. The maximum Gasteiger partial charge on any atom is 0.306 e. The minimum atomic E-state index is -0.442. The largest absolute Gasteiger partial charge is 0.493 e. The van der Waals surface area contributed by atoms with Crippen LogP contribution in [0.1, 0.15) is 17.7 Å². The number of ether oxygens (including phenoxy) is 3. The van der Waals surface area contributed by atoms with E-state index in [1.807, 2.05) is 12.1 Å². The highest BCUT2D eigenvalue weighted by atomic mass is 16.5. The van der Waals surface area contributed by atoms with E-state index < -0.39 is 5.97 Å². The molecule has 0 saturated carbocycles. The molecule has 1 aromatic heterocycles. The van der Waals surface area contributed by atoms with Crippen molar-refractivity contribution in [2.45, 2.75) is 19.4 Å². The molecule has 0 radical (unpaired) electrons. The van der Waals surface area contributed by atoms with Gasteiger partial charge in [0.2, 0.25) is 0 Å². The van der Waals surface area contributed by atoms with E-state index in [0.29, 0.717) is 23.7 Å². The van der Waals surface area contributed by atoms with E-state index in [2.05, 4.69) is 5.32 Å². The summed E-state index contributed by atoms with van der Waals surface area (Å²) in [7, 11) is 3.11. The zero-order chi connectivity index (χ0) is 18.1. The van der Waals surface area contributed by atoms with Crippen molar-refractivity contribution in [3.8, 4) is 11.5 Å². The molecule has 1 heterocycles. The van der Waals surface area contributed by atoms with Crippen molar-refractivity contribution in [2.24, 2.45) is 0 Å². The molecule has 0 aliphatic rings. The molecule has 7 heteroatoms. The number of rotatable bonds is 9. The van der Waals surface area contributed by atoms with Gasteiger partial charge in [0.25, 0.3) is 5.91 Å². The number of carbonyl (C=O) groups excluding carboxylic acids is 2. The van der Waals surface area contributed by atoms with E-state index >= 15 is 0 Å². The highest BCUT2D eigenvalue weighted by Gasteiger charge is 2.10. The monoisotopic (exact) mass is 347 g/mol. The summed E-state index contributed by atoms with van der Waals surface area (Å²) in [6.07, 6.45) is 2.17. The summed E-state index contributed by atoms with van der Waals surface area (Å²) in [5, 5.41) is 2.60. The second kappa shape index (κ2) is 9.36. The fourth-order valence-electron chi connectivity index (χ4n) is 2.15. The maximum atomic E-state index is 11.8. The lowest BCUT2D eigenvalue weighted by Gasteiger charge is -2.09. The third-order valence-electron chi connectivity index (χ3n) is 3.47. The van der Waals surface area contributed by atoms with Crippen molar-refractivity contribution >= 4 is 11.9 Å². The number of amides is 1. The average Bonchev–Trinajstić information content (AvgIpc) is 3.16. The molecule has 1 aromatic carbocycles. The topological polar surface area (TPSA) is 87.0 Å². The van der Waals surface area contributed by atoms with Gasteiger partial charge in [-0.15, -0.1) is 0 Å². The van der Waals surface area contributed by atoms with Gasteiger partial charge in [0.15, 0.2) is 18.1 Å². The van der Waals surface area contributed by atoms with Crippen molar-refractivity contribution < 1.29 is 28.2 Å². The first-order chi connectivity index (χ1) is 12.1. The Balaban J connectivity index is 1.70. The lowest BCUT2D eigenvalue weighted by Crippen LogP contribution is -2.28. The Morgan fingerprint density at radius 3 is 2.60 bits per heavy atom. The van der Waals surface area contributed by atoms with Crippen LogP contribution in [0.2, 0.25) is 0 Å². The molecule has 1 amide bonds. The van der Waals surface area contributed by atoms with Crippen molar-refractivity contribution in [1.29, 1.82) is 0 Å². The van der Waals surface area contributed by atoms with Crippen LogP contribution in [0.3, 0.4) is 0 Å². The fourth-order valence-corrected chi connectivity index (χ4v) is 2.15. The number of carbonyl (C=O) groups is 2. The van der Waals surface area contributed by atoms with Crippen LogP contribution < -0.4 is 14.8 Å². The first kappa shape index (κ1) is 18.4. The zero-order valence-corrected chi connectivity index (χ0v) is 14.2. The van der Waals surface area contributed by atoms with E-state index in [4.69, 9.17) is 18.6 Å². The van der Waals surface area contributed by atoms with Crippen LogP contribution in [-0.4, -0.2) is 32.7 Å². The minimum Gasteiger partial charge on any atom is -0.493 e. The fraction of sp³-hybridized carbons (Fsp3) is 0.333. The quantitative estimate of drug-likeness (QED) is 0.699. The number of furan rings is 1. The molecule has 0 atom stereocenters. The molecule has 0 bridgehead atoms. The molecule has 25 heavy (non-hydrogen) atoms. The van der Waals surface area contributed by atoms with Crippen LogP contribution in [0.15, 0.2) is 41.0 Å². The van der Waals surface area contributed by atoms with Gasteiger partial charge in [-0.25, -0.2) is 0 Å². The Hall–Kier alpha value is -2.96. The lowest BCUT2D eigenvalue weighted by molar-refractivity contribution is -0.148. The van der Waals surface area contributed by atoms with Crippen LogP contribution in [0, 0.1) is 0 Å². The third-order valence-corrected chi connectivity index (χ3v) is 3.47. The van der Waals surface area contributed by atoms with Crippen molar-refractivity contribution in [1.82, 2.24) is 5.32 Å². The molecule has 0 aliphatic heterocycles. The molecule has 2 rings (SSSR count). The van der Waals surface area contributed by atoms with Crippen LogP contribution in [-0.2, 0) is 27.3 Å². The first-order valence-corrected chi connectivity index (χ1v) is 7.78. The zero-order valence-electron chi connectivity index (χ0n) is 14.2. The van der Waals surface area contributed by atoms with Crippen LogP contribution in [0.5, 0.6) is 11.5 Å². The molecule has 0 fully saturated rings. The Morgan fingerprint density at radius 2 is 1.92 bits per heavy atom. The van der Waals surface area contributed by atoms with Gasteiger partial charge in [-0.2, -0.15) is 0 Å². The maximum absolute atomic E-state index is 11.8. The smallest absolute Gasteiger partial charge is 0.306 e. The van der Waals surface area contributed by atoms with Gasteiger partial charge >= 0.3 is 5.97 Å². The number of nitrogens with one attached hydrogen (secondary N) is 1. The second-order valence-corrected chi connectivity index (χ2v) is 5.21. The van der Waals surface area contributed by atoms with E-state index in [9.17, 15) is 9.59 Å². The van der Waals surface area contributed by atoms with Crippen LogP contribution in [0.4, 0.5) is 0 Å². The SMILES string of the molecule is COc1ccc(CCC(=O)OCC(=O)NCc2ccco2)cc1OC. The van der Waals surface area contributed by atoms with Crippen LogP contribution in [0.25, 0.3) is 0 Å². The molecule has 0 saturated heterocycles. The van der Waals surface area contributed by atoms with Gasteiger partial charge in [-0.05, 0) is 36.2 Å². The molecule has 1 N–H and O–H groups in total. The average molecular weight is 347 g/mol. The van der Waals surface area contributed by atoms with E-state index in [0.717, 1.165) is 5.56 Å². The minimum absolute atomic E-state index is 0.168. The Kier molecular flexibility index (Phi) is 6.88. The molecular formula is C18H21NO6. The van der Waals surface area contributed by atoms with Gasteiger partial charge in [0.05, 0.1) is 27.0 Å². The summed E-state index contributed by atoms with van der Waals surface area (Å²) in [4.78, 5) is 23.4.